The average molecular weight is 345 g/mol. The molecule has 7 heteroatoms. The summed E-state index contributed by atoms with van der Waals surface area (Å²) in [4.78, 5) is 16.6. The summed E-state index contributed by atoms with van der Waals surface area (Å²) in [6.07, 6.45) is 1.48. The molecule has 132 valence electrons. The molecule has 2 amide bonds. The van der Waals surface area contributed by atoms with Gasteiger partial charge in [-0.3, -0.25) is 0 Å². The molecular formula is C18H20FN3O3. The quantitative estimate of drug-likeness (QED) is 0.892. The molecule has 6 nitrogen and oxygen atoms in total. The van der Waals surface area contributed by atoms with Crippen molar-refractivity contribution in [3.05, 3.63) is 47.4 Å². The van der Waals surface area contributed by atoms with Gasteiger partial charge in [-0.15, -0.1) is 0 Å². The van der Waals surface area contributed by atoms with Crippen molar-refractivity contribution in [3.63, 3.8) is 0 Å². The lowest BCUT2D eigenvalue weighted by molar-refractivity contribution is 0.247. The van der Waals surface area contributed by atoms with Crippen LogP contribution in [-0.4, -0.2) is 24.7 Å². The van der Waals surface area contributed by atoms with Crippen LogP contribution in [0.25, 0.3) is 0 Å². The Balaban J connectivity index is 1.73. The van der Waals surface area contributed by atoms with E-state index in [9.17, 15) is 9.18 Å². The van der Waals surface area contributed by atoms with Gasteiger partial charge < -0.3 is 20.1 Å². The first-order chi connectivity index (χ1) is 12.1. The lowest BCUT2D eigenvalue weighted by atomic mass is 10.0. The smallest absolute Gasteiger partial charge is 0.319 e. The van der Waals surface area contributed by atoms with Crippen LogP contribution < -0.4 is 20.1 Å². The first-order valence-electron chi connectivity index (χ1n) is 8.08. The maximum absolute atomic E-state index is 13.4. The van der Waals surface area contributed by atoms with E-state index < -0.39 is 0 Å². The van der Waals surface area contributed by atoms with Crippen LogP contribution in [-0.2, 0) is 0 Å². The van der Waals surface area contributed by atoms with Crippen molar-refractivity contribution in [1.82, 2.24) is 10.3 Å². The molecule has 0 saturated carbocycles. The molecule has 0 bridgehead atoms. The van der Waals surface area contributed by atoms with Gasteiger partial charge in [0.05, 0.1) is 31.1 Å². The highest BCUT2D eigenvalue weighted by molar-refractivity contribution is 5.90. The molecule has 0 spiro atoms. The molecule has 0 aliphatic carbocycles. The molecule has 1 aromatic heterocycles. The molecule has 1 aliphatic heterocycles. The number of pyridine rings is 1. The largest absolute Gasteiger partial charge is 0.493 e. The van der Waals surface area contributed by atoms with Crippen LogP contribution in [0.4, 0.5) is 14.9 Å². The van der Waals surface area contributed by atoms with E-state index in [4.69, 9.17) is 9.47 Å². The van der Waals surface area contributed by atoms with Gasteiger partial charge in [0.2, 0.25) is 5.88 Å². The van der Waals surface area contributed by atoms with E-state index in [1.807, 2.05) is 0 Å². The Kier molecular flexibility index (Phi) is 5.02. The van der Waals surface area contributed by atoms with Crippen LogP contribution in [0.5, 0.6) is 11.6 Å². The number of anilines is 1. The second-order valence-electron chi connectivity index (χ2n) is 5.81. The van der Waals surface area contributed by atoms with Gasteiger partial charge in [-0.25, -0.2) is 14.2 Å². The minimum Gasteiger partial charge on any atom is -0.493 e. The van der Waals surface area contributed by atoms with Gasteiger partial charge in [0.25, 0.3) is 0 Å². The van der Waals surface area contributed by atoms with Crippen LogP contribution >= 0.6 is 0 Å². The number of halogens is 1. The van der Waals surface area contributed by atoms with Crippen LogP contribution in [0, 0.1) is 12.7 Å². The number of aryl methyl sites for hydroxylation is 1. The molecule has 1 aromatic carbocycles. The molecule has 0 fully saturated rings. The summed E-state index contributed by atoms with van der Waals surface area (Å²) in [6.45, 7) is 2.29. The van der Waals surface area contributed by atoms with Crippen LogP contribution in [0.15, 0.2) is 30.3 Å². The van der Waals surface area contributed by atoms with Crippen molar-refractivity contribution >= 4 is 11.7 Å². The van der Waals surface area contributed by atoms with E-state index in [-0.39, 0.29) is 17.9 Å². The number of urea groups is 1. The van der Waals surface area contributed by atoms with Crippen molar-refractivity contribution in [1.29, 1.82) is 0 Å². The number of benzene rings is 1. The lowest BCUT2D eigenvalue weighted by Gasteiger charge is -2.19. The molecule has 1 aliphatic rings. The van der Waals surface area contributed by atoms with Crippen molar-refractivity contribution in [2.24, 2.45) is 0 Å². The first kappa shape index (κ1) is 17.0. The fourth-order valence-corrected chi connectivity index (χ4v) is 2.80. The number of hydrogen-bond donors (Lipinski definition) is 2. The van der Waals surface area contributed by atoms with Crippen LogP contribution in [0.3, 0.4) is 0 Å². The van der Waals surface area contributed by atoms with Gasteiger partial charge in [0.15, 0.2) is 0 Å². The standard InChI is InChI=1S/C18H20FN3O3/c1-11-14(7-8-17(20-11)24-2)21-18(23)22-15-4-3-9-25-16-10-12(19)5-6-13(15)16/h5-8,10,15H,3-4,9H2,1-2H3,(H2,21,22,23). The monoisotopic (exact) mass is 345 g/mol. The van der Waals surface area contributed by atoms with E-state index in [0.29, 0.717) is 36.0 Å². The fourth-order valence-electron chi connectivity index (χ4n) is 2.80. The summed E-state index contributed by atoms with van der Waals surface area (Å²) in [5.41, 5.74) is 2.03. The number of rotatable bonds is 3. The number of amides is 2. The lowest BCUT2D eigenvalue weighted by Crippen LogP contribution is -2.32. The zero-order chi connectivity index (χ0) is 17.8. The van der Waals surface area contributed by atoms with E-state index in [0.717, 1.165) is 12.0 Å². The van der Waals surface area contributed by atoms with Gasteiger partial charge in [0, 0.05) is 17.7 Å². The first-order valence-corrected chi connectivity index (χ1v) is 8.08. The molecule has 3 rings (SSSR count). The summed E-state index contributed by atoms with van der Waals surface area (Å²) < 4.78 is 24.0. The summed E-state index contributed by atoms with van der Waals surface area (Å²) in [5.74, 6) is 0.606. The Bertz CT molecular complexity index is 782. The highest BCUT2D eigenvalue weighted by atomic mass is 19.1. The Morgan fingerprint density at radius 2 is 2.20 bits per heavy atom. The van der Waals surface area contributed by atoms with Crippen molar-refractivity contribution < 1.29 is 18.7 Å². The predicted octanol–water partition coefficient (Wildman–Crippen LogP) is 3.57. The van der Waals surface area contributed by atoms with E-state index in [1.165, 1.54) is 19.2 Å². The highest BCUT2D eigenvalue weighted by Gasteiger charge is 2.22. The number of hydrogen-bond acceptors (Lipinski definition) is 4. The number of carbonyl (C=O) groups excluding carboxylic acids is 1. The van der Waals surface area contributed by atoms with E-state index in [2.05, 4.69) is 15.6 Å². The van der Waals surface area contributed by atoms with Crippen LogP contribution in [0.2, 0.25) is 0 Å². The van der Waals surface area contributed by atoms with Crippen molar-refractivity contribution in [3.8, 4) is 11.6 Å². The molecule has 0 radical (unpaired) electrons. The van der Waals surface area contributed by atoms with Gasteiger partial charge >= 0.3 is 6.03 Å². The second kappa shape index (κ2) is 7.38. The third-order valence-electron chi connectivity index (χ3n) is 4.07. The molecule has 1 unspecified atom stereocenters. The van der Waals surface area contributed by atoms with Crippen molar-refractivity contribution in [2.45, 2.75) is 25.8 Å². The Morgan fingerprint density at radius 3 is 2.96 bits per heavy atom. The Morgan fingerprint density at radius 1 is 1.36 bits per heavy atom. The summed E-state index contributed by atoms with van der Waals surface area (Å²) in [5, 5.41) is 5.72. The third-order valence-corrected chi connectivity index (χ3v) is 4.07. The number of methoxy groups -OCH3 is 1. The third kappa shape index (κ3) is 3.99. The zero-order valence-electron chi connectivity index (χ0n) is 14.1. The molecule has 2 aromatic rings. The van der Waals surface area contributed by atoms with Gasteiger partial charge in [-0.1, -0.05) is 6.07 Å². The number of carbonyl (C=O) groups is 1. The number of aromatic nitrogens is 1. The zero-order valence-corrected chi connectivity index (χ0v) is 14.1. The molecular weight excluding hydrogens is 325 g/mol. The normalized spacial score (nSPS) is 16.2. The predicted molar refractivity (Wildman–Crippen MR) is 91.6 cm³/mol. The molecule has 2 heterocycles. The van der Waals surface area contributed by atoms with Gasteiger partial charge in [-0.05, 0) is 31.9 Å². The maximum Gasteiger partial charge on any atom is 0.319 e. The Hall–Kier alpha value is -2.83. The minimum absolute atomic E-state index is 0.246. The molecule has 2 N–H and O–H groups in total. The second-order valence-corrected chi connectivity index (χ2v) is 5.81. The summed E-state index contributed by atoms with van der Waals surface area (Å²) in [6, 6.07) is 7.20. The molecule has 1 atom stereocenters. The Labute approximate surface area is 145 Å². The van der Waals surface area contributed by atoms with Gasteiger partial charge in [-0.2, -0.15) is 0 Å². The number of fused-ring (bicyclic) bond motifs is 1. The summed E-state index contributed by atoms with van der Waals surface area (Å²) >= 11 is 0. The summed E-state index contributed by atoms with van der Waals surface area (Å²) in [7, 11) is 1.54. The maximum atomic E-state index is 13.4. The highest BCUT2D eigenvalue weighted by Crippen LogP contribution is 2.32. The number of ether oxygens (including phenoxy) is 2. The van der Waals surface area contributed by atoms with E-state index >= 15 is 0 Å². The van der Waals surface area contributed by atoms with E-state index in [1.54, 1.807) is 25.1 Å². The van der Waals surface area contributed by atoms with Crippen LogP contribution in [0.1, 0.15) is 30.1 Å². The molecule has 25 heavy (non-hydrogen) atoms. The van der Waals surface area contributed by atoms with Gasteiger partial charge in [0.1, 0.15) is 11.6 Å². The number of nitrogens with zero attached hydrogens (tertiary/aromatic N) is 1. The average Bonchev–Trinajstić information content (AvgIpc) is 2.78. The fraction of sp³-hybridized carbons (Fsp3) is 0.333. The number of nitrogens with one attached hydrogen (secondary N) is 2. The molecule has 0 saturated heterocycles. The topological polar surface area (TPSA) is 72.5 Å². The van der Waals surface area contributed by atoms with Crippen molar-refractivity contribution in [2.75, 3.05) is 19.0 Å². The SMILES string of the molecule is COc1ccc(NC(=O)NC2CCCOc3cc(F)ccc32)c(C)n1. The minimum atomic E-state index is -0.358.